The molecule has 0 bridgehead atoms. The van der Waals surface area contributed by atoms with Crippen molar-refractivity contribution in [1.82, 2.24) is 0 Å². The van der Waals surface area contributed by atoms with E-state index >= 15 is 0 Å². The third-order valence-corrected chi connectivity index (χ3v) is 3.93. The third kappa shape index (κ3) is 1.21. The molecule has 0 spiro atoms. The number of carbonyl (C=O) groups is 1. The van der Waals surface area contributed by atoms with Gasteiger partial charge in [0.25, 0.3) is 0 Å². The van der Waals surface area contributed by atoms with Crippen LogP contribution in [0.4, 0.5) is 5.69 Å². The molecule has 0 atom stereocenters. The number of rotatable bonds is 2. The van der Waals surface area contributed by atoms with Gasteiger partial charge in [0.2, 0.25) is 5.91 Å². The fourth-order valence-electron chi connectivity index (χ4n) is 2.49. The van der Waals surface area contributed by atoms with Gasteiger partial charge in [-0.15, -0.1) is 0 Å². The Morgan fingerprint density at radius 2 is 2.19 bits per heavy atom. The lowest BCUT2D eigenvalue weighted by molar-refractivity contribution is -0.117. The molecule has 0 unspecified atom stereocenters. The normalized spacial score (nSPS) is 21.1. The average molecular weight is 217 g/mol. The lowest BCUT2D eigenvalue weighted by Crippen LogP contribution is -2.20. The van der Waals surface area contributed by atoms with Gasteiger partial charge in [-0.25, -0.2) is 0 Å². The van der Waals surface area contributed by atoms with Crippen molar-refractivity contribution in [3.05, 3.63) is 29.3 Å². The lowest BCUT2D eigenvalue weighted by atomic mass is 9.94. The quantitative estimate of drug-likeness (QED) is 0.809. The maximum atomic E-state index is 11.6. The highest BCUT2D eigenvalue weighted by atomic mass is 16.3. The second-order valence-corrected chi connectivity index (χ2v) is 4.91. The van der Waals surface area contributed by atoms with E-state index < -0.39 is 0 Å². The summed E-state index contributed by atoms with van der Waals surface area (Å²) in [4.78, 5) is 13.3. The number of aliphatic hydroxyl groups excluding tert-OH is 1. The van der Waals surface area contributed by atoms with Gasteiger partial charge in [0.15, 0.2) is 0 Å². The smallest absolute Gasteiger partial charge is 0.231 e. The summed E-state index contributed by atoms with van der Waals surface area (Å²) >= 11 is 0. The van der Waals surface area contributed by atoms with Crippen molar-refractivity contribution >= 4 is 11.6 Å². The fourth-order valence-corrected chi connectivity index (χ4v) is 2.49. The van der Waals surface area contributed by atoms with Gasteiger partial charge in [0.1, 0.15) is 0 Å². The monoisotopic (exact) mass is 217 g/mol. The molecule has 0 saturated heterocycles. The Hall–Kier alpha value is -1.35. The number of hydrogen-bond donors (Lipinski definition) is 1. The van der Waals surface area contributed by atoms with E-state index in [1.165, 1.54) is 5.56 Å². The van der Waals surface area contributed by atoms with Crippen molar-refractivity contribution < 1.29 is 9.90 Å². The van der Waals surface area contributed by atoms with Crippen LogP contribution in [0.2, 0.25) is 0 Å². The SMILES string of the molecule is CN1C(=O)Cc2cc(C3(CO)CC3)ccc21. The lowest BCUT2D eigenvalue weighted by Gasteiger charge is -2.15. The van der Waals surface area contributed by atoms with Crippen LogP contribution >= 0.6 is 0 Å². The Morgan fingerprint density at radius 3 is 2.81 bits per heavy atom. The number of aliphatic hydroxyl groups is 1. The maximum absolute atomic E-state index is 11.6. The molecule has 3 nitrogen and oxygen atoms in total. The second-order valence-electron chi connectivity index (χ2n) is 4.91. The summed E-state index contributed by atoms with van der Waals surface area (Å²) in [6.45, 7) is 0.218. The van der Waals surface area contributed by atoms with Crippen molar-refractivity contribution in [2.24, 2.45) is 0 Å². The molecule has 1 N–H and O–H groups in total. The highest BCUT2D eigenvalue weighted by molar-refractivity contribution is 6.00. The van der Waals surface area contributed by atoms with Gasteiger partial charge in [0.05, 0.1) is 13.0 Å². The topological polar surface area (TPSA) is 40.5 Å². The molecule has 0 radical (unpaired) electrons. The van der Waals surface area contributed by atoms with Gasteiger partial charge < -0.3 is 10.0 Å². The van der Waals surface area contributed by atoms with Gasteiger partial charge in [-0.1, -0.05) is 12.1 Å². The van der Waals surface area contributed by atoms with Crippen molar-refractivity contribution in [2.45, 2.75) is 24.7 Å². The molecule has 1 aromatic carbocycles. The van der Waals surface area contributed by atoms with Gasteiger partial charge in [0, 0.05) is 18.2 Å². The first kappa shape index (κ1) is 9.85. The highest BCUT2D eigenvalue weighted by Crippen LogP contribution is 2.48. The largest absolute Gasteiger partial charge is 0.395 e. The Balaban J connectivity index is 2.02. The Kier molecular flexibility index (Phi) is 1.89. The molecule has 2 aliphatic rings. The molecule has 1 heterocycles. The molecule has 3 heteroatoms. The third-order valence-electron chi connectivity index (χ3n) is 3.93. The first-order chi connectivity index (χ1) is 7.66. The van der Waals surface area contributed by atoms with Gasteiger partial charge in [-0.3, -0.25) is 4.79 Å². The summed E-state index contributed by atoms with van der Waals surface area (Å²) in [6.07, 6.45) is 2.62. The molecule has 3 rings (SSSR count). The van der Waals surface area contributed by atoms with Crippen LogP contribution in [0.15, 0.2) is 18.2 Å². The fraction of sp³-hybridized carbons (Fsp3) is 0.462. The zero-order chi connectivity index (χ0) is 11.3. The molecule has 1 aliphatic carbocycles. The molecule has 1 aromatic rings. The summed E-state index contributed by atoms with van der Waals surface area (Å²) in [5.41, 5.74) is 3.31. The van der Waals surface area contributed by atoms with E-state index in [1.54, 1.807) is 4.90 Å². The van der Waals surface area contributed by atoms with Crippen LogP contribution in [0, 0.1) is 0 Å². The Morgan fingerprint density at radius 1 is 1.44 bits per heavy atom. The van der Waals surface area contributed by atoms with Crippen LogP contribution in [0.1, 0.15) is 24.0 Å². The number of anilines is 1. The van der Waals surface area contributed by atoms with Crippen molar-refractivity contribution in [3.8, 4) is 0 Å². The van der Waals surface area contributed by atoms with E-state index in [0.717, 1.165) is 24.1 Å². The Bertz CT molecular complexity index is 463. The van der Waals surface area contributed by atoms with Gasteiger partial charge in [-0.2, -0.15) is 0 Å². The number of hydrogen-bond acceptors (Lipinski definition) is 2. The standard InChI is InChI=1S/C13H15NO2/c1-14-11-3-2-10(13(8-15)4-5-13)6-9(11)7-12(14)16/h2-3,6,15H,4-5,7-8H2,1H3. The molecule has 1 aliphatic heterocycles. The van der Waals surface area contributed by atoms with Crippen molar-refractivity contribution in [1.29, 1.82) is 0 Å². The minimum Gasteiger partial charge on any atom is -0.395 e. The first-order valence-corrected chi connectivity index (χ1v) is 5.67. The van der Waals surface area contributed by atoms with E-state index in [0.29, 0.717) is 6.42 Å². The number of fused-ring (bicyclic) bond motifs is 1. The van der Waals surface area contributed by atoms with Crippen molar-refractivity contribution in [2.75, 3.05) is 18.6 Å². The van der Waals surface area contributed by atoms with Crippen LogP contribution in [0.5, 0.6) is 0 Å². The minimum absolute atomic E-state index is 0.000755. The number of amides is 1. The molecule has 84 valence electrons. The molecular weight excluding hydrogens is 202 g/mol. The number of carbonyl (C=O) groups excluding carboxylic acids is 1. The number of nitrogens with zero attached hydrogens (tertiary/aromatic N) is 1. The second kappa shape index (κ2) is 3.08. The van der Waals surface area contributed by atoms with Crippen LogP contribution < -0.4 is 4.90 Å². The highest BCUT2D eigenvalue weighted by Gasteiger charge is 2.44. The predicted octanol–water partition coefficient (Wildman–Crippen LogP) is 1.23. The summed E-state index contributed by atoms with van der Waals surface area (Å²) in [6, 6.07) is 6.16. The number of likely N-dealkylation sites (N-methyl/N-ethyl adjacent to an activating group) is 1. The van der Waals surface area contributed by atoms with E-state index in [1.807, 2.05) is 13.1 Å². The van der Waals surface area contributed by atoms with Crippen molar-refractivity contribution in [3.63, 3.8) is 0 Å². The van der Waals surface area contributed by atoms with Crippen LogP contribution in [0.3, 0.4) is 0 Å². The van der Waals surface area contributed by atoms with Crippen LogP contribution in [0.25, 0.3) is 0 Å². The summed E-state index contributed by atoms with van der Waals surface area (Å²) < 4.78 is 0. The minimum atomic E-state index is -0.000755. The summed E-state index contributed by atoms with van der Waals surface area (Å²) in [7, 11) is 1.81. The Labute approximate surface area is 94.7 Å². The molecule has 16 heavy (non-hydrogen) atoms. The summed E-state index contributed by atoms with van der Waals surface area (Å²) in [5.74, 6) is 0.154. The van der Waals surface area contributed by atoms with E-state index in [2.05, 4.69) is 12.1 Å². The zero-order valence-electron chi connectivity index (χ0n) is 9.36. The predicted molar refractivity (Wildman–Crippen MR) is 61.6 cm³/mol. The molecule has 1 amide bonds. The summed E-state index contributed by atoms with van der Waals surface area (Å²) in [5, 5.41) is 9.39. The van der Waals surface area contributed by atoms with Crippen LogP contribution in [-0.4, -0.2) is 24.7 Å². The molecular formula is C13H15NO2. The number of benzene rings is 1. The molecule has 1 fully saturated rings. The van der Waals surface area contributed by atoms with Crippen LogP contribution in [-0.2, 0) is 16.6 Å². The average Bonchev–Trinajstić information content (AvgIpc) is 3.04. The van der Waals surface area contributed by atoms with E-state index in [9.17, 15) is 9.90 Å². The zero-order valence-corrected chi connectivity index (χ0v) is 9.36. The molecule has 0 aromatic heterocycles. The first-order valence-electron chi connectivity index (χ1n) is 5.67. The van der Waals surface area contributed by atoms with E-state index in [-0.39, 0.29) is 17.9 Å². The van der Waals surface area contributed by atoms with Gasteiger partial charge >= 0.3 is 0 Å². The van der Waals surface area contributed by atoms with Gasteiger partial charge in [-0.05, 0) is 30.0 Å². The van der Waals surface area contributed by atoms with E-state index in [4.69, 9.17) is 0 Å². The molecule has 1 saturated carbocycles. The maximum Gasteiger partial charge on any atom is 0.231 e.